The van der Waals surface area contributed by atoms with Crippen LogP contribution >= 0.6 is 0 Å². The van der Waals surface area contributed by atoms with Crippen molar-refractivity contribution in [3.05, 3.63) is 47.5 Å². The molecule has 7 nitrogen and oxygen atoms in total. The Bertz CT molecular complexity index is 801. The molecule has 0 saturated heterocycles. The molecule has 0 amide bonds. The van der Waals surface area contributed by atoms with Crippen LogP contribution in [0.15, 0.2) is 36.4 Å². The second-order valence-electron chi connectivity index (χ2n) is 6.48. The Morgan fingerprint density at radius 2 is 1.10 bits per heavy atom. The van der Waals surface area contributed by atoms with Gasteiger partial charge in [-0.05, 0) is 35.4 Å². The summed E-state index contributed by atoms with van der Waals surface area (Å²) >= 11 is 0. The molecule has 2 aromatic carbocycles. The largest absolute Gasteiger partial charge is 0.497 e. The molecule has 29 heavy (non-hydrogen) atoms. The van der Waals surface area contributed by atoms with E-state index in [9.17, 15) is 10.1 Å². The van der Waals surface area contributed by atoms with E-state index in [0.717, 1.165) is 0 Å². The molecule has 7 heteroatoms. The SMILES string of the molecule is COC(=O)C(C#N)(Cc1cc(OC)cc(OC)c1)Cc1cc(OC)cc(OC)c1. The zero-order valence-electron chi connectivity index (χ0n) is 17.3. The summed E-state index contributed by atoms with van der Waals surface area (Å²) in [5.41, 5.74) is -0.0326. The lowest BCUT2D eigenvalue weighted by Gasteiger charge is -2.25. The molecule has 0 heterocycles. The lowest BCUT2D eigenvalue weighted by atomic mass is 9.77. The number of nitrogens with zero attached hydrogens (tertiary/aromatic N) is 1. The van der Waals surface area contributed by atoms with Crippen LogP contribution in [0.2, 0.25) is 0 Å². The van der Waals surface area contributed by atoms with Gasteiger partial charge in [0.1, 0.15) is 23.0 Å². The van der Waals surface area contributed by atoms with Crippen LogP contribution in [0.1, 0.15) is 11.1 Å². The number of esters is 1. The van der Waals surface area contributed by atoms with Crippen LogP contribution in [-0.4, -0.2) is 41.5 Å². The summed E-state index contributed by atoms with van der Waals surface area (Å²) in [5, 5.41) is 10.0. The van der Waals surface area contributed by atoms with Crippen LogP contribution in [-0.2, 0) is 22.4 Å². The summed E-state index contributed by atoms with van der Waals surface area (Å²) in [5.74, 6) is 1.65. The van der Waals surface area contributed by atoms with Gasteiger partial charge in [-0.2, -0.15) is 5.26 Å². The number of carbonyl (C=O) groups excluding carboxylic acids is 1. The molecule has 0 unspecified atom stereocenters. The van der Waals surface area contributed by atoms with Gasteiger partial charge in [0.05, 0.1) is 41.6 Å². The lowest BCUT2D eigenvalue weighted by molar-refractivity contribution is -0.149. The Morgan fingerprint density at radius 3 is 1.34 bits per heavy atom. The fourth-order valence-corrected chi connectivity index (χ4v) is 3.16. The Hall–Kier alpha value is -3.40. The van der Waals surface area contributed by atoms with Crippen molar-refractivity contribution < 1.29 is 28.5 Å². The Kier molecular flexibility index (Phi) is 7.32. The quantitative estimate of drug-likeness (QED) is 0.599. The number of rotatable bonds is 9. The molecule has 0 fully saturated rings. The van der Waals surface area contributed by atoms with Gasteiger partial charge in [-0.25, -0.2) is 0 Å². The molecule has 0 bridgehead atoms. The number of nitriles is 1. The van der Waals surface area contributed by atoms with Gasteiger partial charge in [0.15, 0.2) is 5.41 Å². The van der Waals surface area contributed by atoms with Crippen molar-refractivity contribution in [1.29, 1.82) is 5.26 Å². The first kappa shape index (κ1) is 21.9. The van der Waals surface area contributed by atoms with Crippen LogP contribution in [0.3, 0.4) is 0 Å². The summed E-state index contributed by atoms with van der Waals surface area (Å²) < 4.78 is 26.2. The minimum absolute atomic E-state index is 0.114. The summed E-state index contributed by atoms with van der Waals surface area (Å²) in [6.07, 6.45) is 0.229. The van der Waals surface area contributed by atoms with E-state index in [-0.39, 0.29) is 12.8 Å². The molecule has 0 aromatic heterocycles. The molecular formula is C22H25NO6. The van der Waals surface area contributed by atoms with E-state index in [4.69, 9.17) is 23.7 Å². The zero-order chi connectivity index (χ0) is 21.4. The first-order valence-corrected chi connectivity index (χ1v) is 8.87. The molecule has 2 aromatic rings. The standard InChI is InChI=1S/C22H25NO6/c1-25-17-6-15(7-18(10-17)26-2)12-22(14-23,21(24)29-5)13-16-8-19(27-3)11-20(9-16)28-4/h6-11H,12-13H2,1-5H3. The van der Waals surface area contributed by atoms with Gasteiger partial charge in [0.25, 0.3) is 0 Å². The molecule has 0 aliphatic rings. The molecule has 0 spiro atoms. The van der Waals surface area contributed by atoms with E-state index in [1.54, 1.807) is 64.8 Å². The molecule has 0 radical (unpaired) electrons. The van der Waals surface area contributed by atoms with Crippen molar-refractivity contribution in [1.82, 2.24) is 0 Å². The van der Waals surface area contributed by atoms with Crippen molar-refractivity contribution in [3.63, 3.8) is 0 Å². The average molecular weight is 399 g/mol. The number of hydrogen-bond donors (Lipinski definition) is 0. The van der Waals surface area contributed by atoms with E-state index < -0.39 is 11.4 Å². The van der Waals surface area contributed by atoms with Crippen molar-refractivity contribution in [2.75, 3.05) is 35.5 Å². The van der Waals surface area contributed by atoms with Gasteiger partial charge in [0.2, 0.25) is 0 Å². The molecule has 0 aliphatic heterocycles. The highest BCUT2D eigenvalue weighted by molar-refractivity contribution is 5.81. The molecule has 0 atom stereocenters. The highest BCUT2D eigenvalue weighted by atomic mass is 16.5. The average Bonchev–Trinajstić information content (AvgIpc) is 2.77. The molecule has 0 aliphatic carbocycles. The minimum atomic E-state index is -1.45. The molecule has 0 saturated carbocycles. The Morgan fingerprint density at radius 1 is 0.759 bits per heavy atom. The fraction of sp³-hybridized carbons (Fsp3) is 0.364. The Balaban J connectivity index is 2.50. The molecular weight excluding hydrogens is 374 g/mol. The first-order chi connectivity index (χ1) is 13.9. The third-order valence-corrected chi connectivity index (χ3v) is 4.62. The van der Waals surface area contributed by atoms with Gasteiger partial charge in [-0.3, -0.25) is 4.79 Å². The number of carbonyl (C=O) groups is 1. The maximum Gasteiger partial charge on any atom is 0.326 e. The van der Waals surface area contributed by atoms with Crippen molar-refractivity contribution in [2.45, 2.75) is 12.8 Å². The number of benzene rings is 2. The van der Waals surface area contributed by atoms with Crippen LogP contribution in [0, 0.1) is 16.7 Å². The highest BCUT2D eigenvalue weighted by Crippen LogP contribution is 2.34. The van der Waals surface area contributed by atoms with E-state index in [1.165, 1.54) is 7.11 Å². The topological polar surface area (TPSA) is 87.0 Å². The van der Waals surface area contributed by atoms with Gasteiger partial charge in [0, 0.05) is 25.0 Å². The van der Waals surface area contributed by atoms with Crippen molar-refractivity contribution in [3.8, 4) is 29.1 Å². The van der Waals surface area contributed by atoms with Gasteiger partial charge < -0.3 is 23.7 Å². The van der Waals surface area contributed by atoms with E-state index in [0.29, 0.717) is 34.1 Å². The van der Waals surface area contributed by atoms with Crippen LogP contribution in [0.4, 0.5) is 0 Å². The maximum atomic E-state index is 12.7. The third-order valence-electron chi connectivity index (χ3n) is 4.62. The van der Waals surface area contributed by atoms with Crippen LogP contribution in [0.5, 0.6) is 23.0 Å². The predicted octanol–water partition coefficient (Wildman–Crippen LogP) is 3.19. The van der Waals surface area contributed by atoms with Gasteiger partial charge >= 0.3 is 5.97 Å². The van der Waals surface area contributed by atoms with Crippen molar-refractivity contribution >= 4 is 5.97 Å². The Labute approximate surface area is 170 Å². The van der Waals surface area contributed by atoms with Crippen LogP contribution in [0.25, 0.3) is 0 Å². The fourth-order valence-electron chi connectivity index (χ4n) is 3.16. The normalized spacial score (nSPS) is 10.6. The number of ether oxygens (including phenoxy) is 5. The second-order valence-corrected chi connectivity index (χ2v) is 6.48. The smallest absolute Gasteiger partial charge is 0.326 e. The molecule has 2 rings (SSSR count). The number of hydrogen-bond acceptors (Lipinski definition) is 7. The maximum absolute atomic E-state index is 12.7. The summed E-state index contributed by atoms with van der Waals surface area (Å²) in [7, 11) is 7.43. The van der Waals surface area contributed by atoms with Crippen LogP contribution < -0.4 is 18.9 Å². The molecule has 154 valence electrons. The van der Waals surface area contributed by atoms with Gasteiger partial charge in [-0.15, -0.1) is 0 Å². The van der Waals surface area contributed by atoms with Gasteiger partial charge in [-0.1, -0.05) is 0 Å². The zero-order valence-corrected chi connectivity index (χ0v) is 17.3. The monoisotopic (exact) mass is 399 g/mol. The number of methoxy groups -OCH3 is 5. The van der Waals surface area contributed by atoms with E-state index >= 15 is 0 Å². The molecule has 0 N–H and O–H groups in total. The summed E-state index contributed by atoms with van der Waals surface area (Å²) in [6, 6.07) is 12.7. The highest BCUT2D eigenvalue weighted by Gasteiger charge is 2.41. The second kappa shape index (κ2) is 9.69. The lowest BCUT2D eigenvalue weighted by Crippen LogP contribution is -2.35. The van der Waals surface area contributed by atoms with E-state index in [1.807, 2.05) is 0 Å². The minimum Gasteiger partial charge on any atom is -0.497 e. The summed E-state index contributed by atoms with van der Waals surface area (Å²) in [4.78, 5) is 12.7. The summed E-state index contributed by atoms with van der Waals surface area (Å²) in [6.45, 7) is 0. The third kappa shape index (κ3) is 5.11. The van der Waals surface area contributed by atoms with Crippen molar-refractivity contribution in [2.24, 2.45) is 5.41 Å². The first-order valence-electron chi connectivity index (χ1n) is 8.87. The van der Waals surface area contributed by atoms with E-state index in [2.05, 4.69) is 6.07 Å². The predicted molar refractivity (Wildman–Crippen MR) is 107 cm³/mol.